The second-order valence-corrected chi connectivity index (χ2v) is 8.43. The van der Waals surface area contributed by atoms with Crippen LogP contribution in [0.1, 0.15) is 18.1 Å². The third kappa shape index (κ3) is 4.02. The average Bonchev–Trinajstić information content (AvgIpc) is 3.15. The zero-order valence-corrected chi connectivity index (χ0v) is 17.7. The quantitative estimate of drug-likeness (QED) is 0.462. The molecule has 3 amide bonds. The number of amides is 3. The van der Waals surface area contributed by atoms with Crippen LogP contribution in [-0.2, 0) is 11.3 Å². The predicted molar refractivity (Wildman–Crippen MR) is 118 cm³/mol. The number of urea groups is 1. The molecule has 0 fully saturated rings. The molecule has 4 aromatic rings. The maximum Gasteiger partial charge on any atom is 0.318 e. The molecular weight excluding hydrogens is 416 g/mol. The number of imide groups is 1. The summed E-state index contributed by atoms with van der Waals surface area (Å²) < 4.78 is 3.32. The number of nitrogens with zero attached hydrogens (tertiary/aromatic N) is 4. The summed E-state index contributed by atoms with van der Waals surface area (Å²) in [5.41, 5.74) is 7.58. The first kappa shape index (κ1) is 20.6. The van der Waals surface area contributed by atoms with E-state index in [-0.39, 0.29) is 5.56 Å². The van der Waals surface area contributed by atoms with Crippen molar-refractivity contribution < 1.29 is 9.59 Å². The van der Waals surface area contributed by atoms with Gasteiger partial charge in [-0.15, -0.1) is 10.2 Å². The number of benzene rings is 2. The fraction of sp³-hybridized carbons (Fsp3) is 0.190. The maximum absolute atomic E-state index is 13.2. The van der Waals surface area contributed by atoms with Crippen LogP contribution in [0.4, 0.5) is 4.79 Å². The van der Waals surface area contributed by atoms with Gasteiger partial charge in [-0.3, -0.25) is 23.9 Å². The predicted octanol–water partition coefficient (Wildman–Crippen LogP) is 2.08. The molecule has 31 heavy (non-hydrogen) atoms. The van der Waals surface area contributed by atoms with Gasteiger partial charge in [0.1, 0.15) is 0 Å². The molecular formula is C21H20N6O3S. The van der Waals surface area contributed by atoms with E-state index < -0.39 is 17.2 Å². The van der Waals surface area contributed by atoms with Gasteiger partial charge in [-0.2, -0.15) is 0 Å². The summed E-state index contributed by atoms with van der Waals surface area (Å²) in [7, 11) is 0. The Morgan fingerprint density at radius 2 is 1.84 bits per heavy atom. The third-order valence-electron chi connectivity index (χ3n) is 4.84. The minimum atomic E-state index is -0.916. The number of nitrogens with two attached hydrogens (primary N) is 1. The Balaban J connectivity index is 1.84. The number of para-hydroxylation sites is 1. The van der Waals surface area contributed by atoms with Crippen LogP contribution < -0.4 is 16.6 Å². The van der Waals surface area contributed by atoms with Gasteiger partial charge in [-0.05, 0) is 31.5 Å². The van der Waals surface area contributed by atoms with Crippen LogP contribution >= 0.6 is 11.8 Å². The van der Waals surface area contributed by atoms with Gasteiger partial charge in [0.05, 0.1) is 22.7 Å². The number of aryl methyl sites for hydroxylation is 1. The second kappa shape index (κ2) is 8.23. The van der Waals surface area contributed by atoms with Crippen LogP contribution in [0.3, 0.4) is 0 Å². The first-order valence-corrected chi connectivity index (χ1v) is 10.4. The molecule has 2 aromatic carbocycles. The van der Waals surface area contributed by atoms with Gasteiger partial charge in [0.15, 0.2) is 5.16 Å². The van der Waals surface area contributed by atoms with Gasteiger partial charge in [-0.25, -0.2) is 4.79 Å². The van der Waals surface area contributed by atoms with Gasteiger partial charge >= 0.3 is 6.03 Å². The van der Waals surface area contributed by atoms with Gasteiger partial charge in [0.2, 0.25) is 11.7 Å². The number of nitrogens with one attached hydrogen (secondary N) is 1. The number of aromatic nitrogens is 4. The van der Waals surface area contributed by atoms with Crippen molar-refractivity contribution in [1.29, 1.82) is 0 Å². The van der Waals surface area contributed by atoms with Gasteiger partial charge in [-0.1, -0.05) is 53.7 Å². The standard InChI is InChI=1S/C21H20N6O3S/c1-12-7-9-14(10-8-12)11-26-18(29)15-5-3-4-6-16(15)27-20(26)24-25-21(27)31-13(2)17(28)23-19(22)30/h3-10,13H,11H2,1-2H3,(H3,22,23,28,30)/t13-/m0/s1. The van der Waals surface area contributed by atoms with Gasteiger partial charge < -0.3 is 5.73 Å². The third-order valence-corrected chi connectivity index (χ3v) is 5.88. The number of hydrogen-bond donors (Lipinski definition) is 2. The SMILES string of the molecule is Cc1ccc(Cn2c(=O)c3ccccc3n3c(S[C@@H](C)C(=O)NC(N)=O)nnc23)cc1. The monoisotopic (exact) mass is 436 g/mol. The number of rotatable bonds is 5. The molecule has 0 saturated heterocycles. The minimum absolute atomic E-state index is 0.174. The number of fused-ring (bicyclic) bond motifs is 3. The van der Waals surface area contributed by atoms with Crippen LogP contribution in [0.2, 0.25) is 0 Å². The molecule has 2 heterocycles. The largest absolute Gasteiger partial charge is 0.351 e. The summed E-state index contributed by atoms with van der Waals surface area (Å²) in [4.78, 5) is 36.3. The Labute approximate surface area is 181 Å². The number of thioether (sulfide) groups is 1. The number of primary amides is 1. The van der Waals surface area contributed by atoms with Crippen molar-refractivity contribution in [2.75, 3.05) is 0 Å². The Kier molecular flexibility index (Phi) is 5.47. The van der Waals surface area contributed by atoms with E-state index in [1.54, 1.807) is 28.0 Å². The molecule has 0 saturated carbocycles. The molecule has 3 N–H and O–H groups in total. The molecule has 0 spiro atoms. The first-order chi connectivity index (χ1) is 14.8. The molecule has 10 heteroatoms. The van der Waals surface area contributed by atoms with Crippen LogP contribution in [0.5, 0.6) is 0 Å². The van der Waals surface area contributed by atoms with Crippen molar-refractivity contribution >= 4 is 40.4 Å². The van der Waals surface area contributed by atoms with Crippen LogP contribution in [-0.4, -0.2) is 36.4 Å². The van der Waals surface area contributed by atoms with Crippen molar-refractivity contribution in [3.63, 3.8) is 0 Å². The highest BCUT2D eigenvalue weighted by Crippen LogP contribution is 2.25. The van der Waals surface area contributed by atoms with Gasteiger partial charge in [0, 0.05) is 0 Å². The number of hydrogen-bond acceptors (Lipinski definition) is 6. The zero-order chi connectivity index (χ0) is 22.1. The van der Waals surface area contributed by atoms with E-state index >= 15 is 0 Å². The lowest BCUT2D eigenvalue weighted by Crippen LogP contribution is -2.39. The van der Waals surface area contributed by atoms with E-state index in [0.717, 1.165) is 22.9 Å². The summed E-state index contributed by atoms with van der Waals surface area (Å²) in [6.07, 6.45) is 0. The van der Waals surface area contributed by atoms with E-state index in [1.165, 1.54) is 0 Å². The normalized spacial score (nSPS) is 12.2. The molecule has 0 aliphatic rings. The van der Waals surface area contributed by atoms with E-state index in [4.69, 9.17) is 5.73 Å². The Morgan fingerprint density at radius 3 is 2.55 bits per heavy atom. The molecule has 4 rings (SSSR count). The van der Waals surface area contributed by atoms with Crippen molar-refractivity contribution in [2.45, 2.75) is 30.8 Å². The molecule has 1 atom stereocenters. The van der Waals surface area contributed by atoms with E-state index in [9.17, 15) is 14.4 Å². The summed E-state index contributed by atoms with van der Waals surface area (Å²) in [5.74, 6) is -0.166. The van der Waals surface area contributed by atoms with Crippen molar-refractivity contribution in [3.05, 3.63) is 70.0 Å². The minimum Gasteiger partial charge on any atom is -0.351 e. The summed E-state index contributed by atoms with van der Waals surface area (Å²) in [6.45, 7) is 3.96. The lowest BCUT2D eigenvalue weighted by atomic mass is 10.1. The van der Waals surface area contributed by atoms with Crippen molar-refractivity contribution in [3.8, 4) is 0 Å². The molecule has 0 bridgehead atoms. The Hall–Kier alpha value is -3.66. The summed E-state index contributed by atoms with van der Waals surface area (Å²) in [5, 5.41) is 10.8. The molecule has 0 aliphatic carbocycles. The summed E-state index contributed by atoms with van der Waals surface area (Å²) in [6, 6.07) is 14.2. The highest BCUT2D eigenvalue weighted by molar-refractivity contribution is 8.00. The van der Waals surface area contributed by atoms with Crippen LogP contribution in [0.25, 0.3) is 16.7 Å². The lowest BCUT2D eigenvalue weighted by molar-refractivity contribution is -0.119. The lowest BCUT2D eigenvalue weighted by Gasteiger charge is -2.13. The summed E-state index contributed by atoms with van der Waals surface area (Å²) >= 11 is 1.12. The highest BCUT2D eigenvalue weighted by Gasteiger charge is 2.22. The average molecular weight is 436 g/mol. The van der Waals surface area contributed by atoms with Crippen molar-refractivity contribution in [2.24, 2.45) is 5.73 Å². The number of carbonyl (C=O) groups is 2. The molecule has 2 aromatic heterocycles. The van der Waals surface area contributed by atoms with E-state index in [0.29, 0.717) is 28.4 Å². The molecule has 0 unspecified atom stereocenters. The zero-order valence-electron chi connectivity index (χ0n) is 16.9. The Morgan fingerprint density at radius 1 is 1.13 bits per heavy atom. The smallest absolute Gasteiger partial charge is 0.318 e. The molecule has 0 aliphatic heterocycles. The molecule has 9 nitrogen and oxygen atoms in total. The van der Waals surface area contributed by atoms with Crippen molar-refractivity contribution in [1.82, 2.24) is 24.5 Å². The van der Waals surface area contributed by atoms with E-state index in [2.05, 4.69) is 15.5 Å². The number of carbonyl (C=O) groups excluding carboxylic acids is 2. The fourth-order valence-corrected chi connectivity index (χ4v) is 4.12. The first-order valence-electron chi connectivity index (χ1n) is 9.54. The van der Waals surface area contributed by atoms with Gasteiger partial charge in [0.25, 0.3) is 5.56 Å². The fourth-order valence-electron chi connectivity index (χ4n) is 3.26. The van der Waals surface area contributed by atoms with Crippen LogP contribution in [0, 0.1) is 6.92 Å². The maximum atomic E-state index is 13.2. The molecule has 0 radical (unpaired) electrons. The highest BCUT2D eigenvalue weighted by atomic mass is 32.2. The molecule has 158 valence electrons. The topological polar surface area (TPSA) is 124 Å². The van der Waals surface area contributed by atoms with Crippen LogP contribution in [0.15, 0.2) is 58.5 Å². The van der Waals surface area contributed by atoms with E-state index in [1.807, 2.05) is 43.3 Å². The Bertz CT molecular complexity index is 1360. The second-order valence-electron chi connectivity index (χ2n) is 7.13.